The van der Waals surface area contributed by atoms with Crippen LogP contribution in [0.4, 0.5) is 0 Å². The Balaban J connectivity index is 2.41. The van der Waals surface area contributed by atoms with E-state index in [2.05, 4.69) is 0 Å². The molecule has 0 aliphatic carbocycles. The number of hydrogen-bond acceptors (Lipinski definition) is 3. The highest BCUT2D eigenvalue weighted by atomic mass is 32.2. The third kappa shape index (κ3) is 2.14. The van der Waals surface area contributed by atoms with Gasteiger partial charge in [-0.25, -0.2) is 5.21 Å². The van der Waals surface area contributed by atoms with Gasteiger partial charge in [-0.3, -0.25) is 0 Å². The van der Waals surface area contributed by atoms with E-state index in [0.29, 0.717) is 11.8 Å². The molecule has 1 rings (SSSR count). The Morgan fingerprint density at radius 2 is 2.44 bits per heavy atom. The monoisotopic (exact) mass is 149 g/mol. The maximum Gasteiger partial charge on any atom is 0.120 e. The van der Waals surface area contributed by atoms with Crippen molar-refractivity contribution < 1.29 is 9.42 Å². The van der Waals surface area contributed by atoms with Crippen LogP contribution in [0.25, 0.3) is 0 Å². The zero-order valence-electron chi connectivity index (χ0n) is 5.41. The molecule has 0 radical (unpaired) electrons. The number of nitrogens with zero attached hydrogens (tertiary/aromatic N) is 1. The van der Waals surface area contributed by atoms with Crippen molar-refractivity contribution in [2.45, 2.75) is 25.0 Å². The quantitative estimate of drug-likeness (QED) is 0.322. The molecule has 0 spiro atoms. The summed E-state index contributed by atoms with van der Waals surface area (Å²) < 4.78 is -1.10. The maximum absolute atomic E-state index is 10.8. The summed E-state index contributed by atoms with van der Waals surface area (Å²) in [4.78, 5) is 0. The topological polar surface area (TPSA) is 43.3 Å². The Kier molecular flexibility index (Phi) is 2.00. The van der Waals surface area contributed by atoms with Gasteiger partial charge in [-0.15, -0.1) is 0 Å². The van der Waals surface area contributed by atoms with Crippen LogP contribution in [0, 0.1) is 5.21 Å². The van der Waals surface area contributed by atoms with Crippen molar-refractivity contribution in [2.24, 2.45) is 0 Å². The highest BCUT2D eigenvalue weighted by molar-refractivity contribution is 7.94. The van der Waals surface area contributed by atoms with E-state index in [9.17, 15) is 5.21 Å². The van der Waals surface area contributed by atoms with Gasteiger partial charge in [0.25, 0.3) is 0 Å². The standard InChI is InChI=1S/C5H11NO2S/c1-5-3-2-4-6(7,8)9-5/h5,7H,2-4H2,1H3. The Morgan fingerprint density at radius 3 is 2.78 bits per heavy atom. The van der Waals surface area contributed by atoms with Gasteiger partial charge in [0, 0.05) is 6.42 Å². The molecule has 0 aromatic rings. The normalized spacial score (nSPS) is 45.0. The van der Waals surface area contributed by atoms with E-state index in [1.165, 1.54) is 0 Å². The SMILES string of the molecule is CC1CCC[N+]([O-])(O)S1. The molecule has 9 heavy (non-hydrogen) atoms. The fraction of sp³-hybridized carbons (Fsp3) is 1.00. The lowest BCUT2D eigenvalue weighted by Crippen LogP contribution is -2.37. The molecule has 4 heteroatoms. The van der Waals surface area contributed by atoms with Gasteiger partial charge in [-0.05, 0) is 13.3 Å². The van der Waals surface area contributed by atoms with Crippen molar-refractivity contribution in [1.29, 1.82) is 0 Å². The van der Waals surface area contributed by atoms with Crippen LogP contribution in [0.15, 0.2) is 0 Å². The fourth-order valence-electron chi connectivity index (χ4n) is 0.965. The molecule has 0 amide bonds. The molecule has 3 nitrogen and oxygen atoms in total. The Bertz CT molecular complexity index is 107. The van der Waals surface area contributed by atoms with E-state index in [4.69, 9.17) is 5.21 Å². The fourth-order valence-corrected chi connectivity index (χ4v) is 2.03. The lowest BCUT2D eigenvalue weighted by molar-refractivity contribution is -0.952. The molecular weight excluding hydrogens is 138 g/mol. The van der Waals surface area contributed by atoms with Crippen LogP contribution in [-0.4, -0.2) is 21.2 Å². The summed E-state index contributed by atoms with van der Waals surface area (Å²) in [6.45, 7) is 2.31. The van der Waals surface area contributed by atoms with Crippen LogP contribution in [0.3, 0.4) is 0 Å². The minimum atomic E-state index is -1.10. The third-order valence-corrected chi connectivity index (χ3v) is 2.50. The number of rotatable bonds is 0. The van der Waals surface area contributed by atoms with Gasteiger partial charge in [-0.2, -0.15) is 4.21 Å². The smallest absolute Gasteiger partial charge is 0.120 e. The molecule has 1 fully saturated rings. The highest BCUT2D eigenvalue weighted by Gasteiger charge is 2.26. The van der Waals surface area contributed by atoms with Crippen LogP contribution < -0.4 is 0 Å². The average Bonchev–Trinajstić information content (AvgIpc) is 1.60. The number of hydroxylamine groups is 2. The first-order chi connectivity index (χ1) is 4.10. The molecule has 1 N–H and O–H groups in total. The average molecular weight is 149 g/mol. The zero-order valence-corrected chi connectivity index (χ0v) is 6.23. The van der Waals surface area contributed by atoms with Gasteiger partial charge in [0.2, 0.25) is 0 Å². The van der Waals surface area contributed by atoms with Gasteiger partial charge in [0.1, 0.15) is 18.5 Å². The van der Waals surface area contributed by atoms with Crippen molar-refractivity contribution in [2.75, 3.05) is 6.54 Å². The lowest BCUT2D eigenvalue weighted by Gasteiger charge is -2.36. The van der Waals surface area contributed by atoms with E-state index in [-0.39, 0.29) is 0 Å². The van der Waals surface area contributed by atoms with Crippen LogP contribution >= 0.6 is 11.9 Å². The first kappa shape index (κ1) is 7.34. The van der Waals surface area contributed by atoms with Gasteiger partial charge in [0.15, 0.2) is 0 Å². The molecule has 1 aliphatic heterocycles. The molecule has 0 bridgehead atoms. The second kappa shape index (κ2) is 2.46. The summed E-state index contributed by atoms with van der Waals surface area (Å²) >= 11 is 1.08. The van der Waals surface area contributed by atoms with Gasteiger partial charge < -0.3 is 5.21 Å². The molecule has 0 saturated carbocycles. The maximum atomic E-state index is 10.8. The zero-order chi connectivity index (χ0) is 6.91. The van der Waals surface area contributed by atoms with Gasteiger partial charge >= 0.3 is 0 Å². The second-order valence-electron chi connectivity index (χ2n) is 2.42. The summed E-state index contributed by atoms with van der Waals surface area (Å²) in [5, 5.41) is 20.0. The summed E-state index contributed by atoms with van der Waals surface area (Å²) in [7, 11) is 0. The number of hydrogen-bond donors (Lipinski definition) is 1. The largest absolute Gasteiger partial charge is 0.586 e. The van der Waals surface area contributed by atoms with E-state index in [0.717, 1.165) is 24.8 Å². The molecule has 2 unspecified atom stereocenters. The molecule has 0 aromatic carbocycles. The van der Waals surface area contributed by atoms with Crippen molar-refractivity contribution in [3.63, 3.8) is 0 Å². The van der Waals surface area contributed by atoms with Gasteiger partial charge in [0.05, 0.1) is 5.25 Å². The van der Waals surface area contributed by atoms with E-state index < -0.39 is 4.21 Å². The third-order valence-electron chi connectivity index (χ3n) is 1.40. The first-order valence-electron chi connectivity index (χ1n) is 3.10. The molecule has 0 aromatic heterocycles. The van der Waals surface area contributed by atoms with Gasteiger partial charge in [-0.1, -0.05) is 0 Å². The minimum absolute atomic E-state index is 0.307. The second-order valence-corrected chi connectivity index (χ2v) is 4.01. The van der Waals surface area contributed by atoms with Crippen molar-refractivity contribution in [3.05, 3.63) is 5.21 Å². The Hall–Kier alpha value is 0.230. The first-order valence-corrected chi connectivity index (χ1v) is 3.94. The molecule has 1 heterocycles. The summed E-state index contributed by atoms with van der Waals surface area (Å²) in [5.74, 6) is 0. The predicted octanol–water partition coefficient (Wildman–Crippen LogP) is 1.52. The summed E-state index contributed by atoms with van der Waals surface area (Å²) in [6.07, 6.45) is 1.89. The van der Waals surface area contributed by atoms with Crippen LogP contribution in [-0.2, 0) is 0 Å². The summed E-state index contributed by atoms with van der Waals surface area (Å²) in [6, 6.07) is 0. The molecular formula is C5H11NO2S. The minimum Gasteiger partial charge on any atom is -0.586 e. The molecule has 1 saturated heterocycles. The molecule has 1 aliphatic rings. The Labute approximate surface area is 58.9 Å². The summed E-state index contributed by atoms with van der Waals surface area (Å²) in [5.41, 5.74) is 0. The van der Waals surface area contributed by atoms with E-state index in [1.807, 2.05) is 6.92 Å². The van der Waals surface area contributed by atoms with Crippen molar-refractivity contribution in [3.8, 4) is 0 Å². The van der Waals surface area contributed by atoms with E-state index >= 15 is 0 Å². The van der Waals surface area contributed by atoms with Crippen LogP contribution in [0.1, 0.15) is 19.8 Å². The van der Waals surface area contributed by atoms with E-state index in [1.54, 1.807) is 0 Å². The predicted molar refractivity (Wildman–Crippen MR) is 36.6 cm³/mol. The lowest BCUT2D eigenvalue weighted by atomic mass is 10.2. The number of quaternary nitrogens is 1. The highest BCUT2D eigenvalue weighted by Crippen LogP contribution is 2.31. The Morgan fingerprint density at radius 1 is 1.78 bits per heavy atom. The van der Waals surface area contributed by atoms with Crippen molar-refractivity contribution >= 4 is 11.9 Å². The van der Waals surface area contributed by atoms with Crippen molar-refractivity contribution in [1.82, 2.24) is 0 Å². The van der Waals surface area contributed by atoms with Crippen LogP contribution in [0.5, 0.6) is 0 Å². The van der Waals surface area contributed by atoms with Crippen LogP contribution in [0.2, 0.25) is 0 Å². The molecule has 54 valence electrons. The molecule has 2 atom stereocenters.